The van der Waals surface area contributed by atoms with E-state index in [1.165, 1.54) is 12.8 Å². The molecule has 1 aromatic rings. The number of carbonyl (C=O) groups is 1. The summed E-state index contributed by atoms with van der Waals surface area (Å²) < 4.78 is 0. The molecule has 1 aliphatic carbocycles. The van der Waals surface area contributed by atoms with Gasteiger partial charge in [0.15, 0.2) is 0 Å². The molecule has 5 nitrogen and oxygen atoms in total. The minimum absolute atomic E-state index is 0.232. The highest BCUT2D eigenvalue weighted by molar-refractivity contribution is 5.81. The van der Waals surface area contributed by atoms with E-state index in [0.717, 1.165) is 49.8 Å². The molecule has 0 unspecified atom stereocenters. The van der Waals surface area contributed by atoms with E-state index in [1.807, 2.05) is 32.7 Å². The van der Waals surface area contributed by atoms with Gasteiger partial charge in [0.1, 0.15) is 11.6 Å². The molecule has 1 saturated heterocycles. The number of nitrogens with zero attached hydrogens (tertiary/aromatic N) is 4. The van der Waals surface area contributed by atoms with E-state index >= 15 is 0 Å². The van der Waals surface area contributed by atoms with Crippen molar-refractivity contribution in [3.63, 3.8) is 0 Å². The Morgan fingerprint density at radius 1 is 1.20 bits per heavy atom. The quantitative estimate of drug-likeness (QED) is 0.840. The van der Waals surface area contributed by atoms with Crippen molar-refractivity contribution in [3.8, 4) is 0 Å². The van der Waals surface area contributed by atoms with Gasteiger partial charge in [-0.3, -0.25) is 4.79 Å². The Kier molecular flexibility index (Phi) is 5.03. The molecule has 0 bridgehead atoms. The van der Waals surface area contributed by atoms with E-state index in [0.29, 0.717) is 11.8 Å². The second-order valence-corrected chi connectivity index (χ2v) is 8.87. The van der Waals surface area contributed by atoms with Crippen molar-refractivity contribution in [1.29, 1.82) is 0 Å². The van der Waals surface area contributed by atoms with Crippen molar-refractivity contribution < 1.29 is 4.79 Å². The van der Waals surface area contributed by atoms with Crippen LogP contribution in [0, 0.1) is 18.3 Å². The molecule has 1 saturated carbocycles. The SMILES string of the molecule is Cc1cc(N2CCC(CN(C)C(=O)C(C)(C)C)CC2)nc(C2CC2)n1. The van der Waals surface area contributed by atoms with Gasteiger partial charge in [-0.05, 0) is 38.5 Å². The third-order valence-corrected chi connectivity index (χ3v) is 5.26. The highest BCUT2D eigenvalue weighted by Crippen LogP contribution is 2.38. The average molecular weight is 345 g/mol. The minimum Gasteiger partial charge on any atom is -0.356 e. The maximum atomic E-state index is 12.4. The first-order valence-corrected chi connectivity index (χ1v) is 9.60. The van der Waals surface area contributed by atoms with Gasteiger partial charge in [0, 0.05) is 49.8 Å². The summed E-state index contributed by atoms with van der Waals surface area (Å²) in [6, 6.07) is 2.11. The van der Waals surface area contributed by atoms with Crippen molar-refractivity contribution in [2.45, 2.75) is 59.3 Å². The van der Waals surface area contributed by atoms with Crippen molar-refractivity contribution in [3.05, 3.63) is 17.6 Å². The van der Waals surface area contributed by atoms with E-state index in [-0.39, 0.29) is 11.3 Å². The van der Waals surface area contributed by atoms with Crippen LogP contribution in [0.3, 0.4) is 0 Å². The first-order chi connectivity index (χ1) is 11.7. The fourth-order valence-electron chi connectivity index (χ4n) is 3.65. The molecule has 0 N–H and O–H groups in total. The number of piperidine rings is 1. The van der Waals surface area contributed by atoms with Crippen molar-refractivity contribution in [2.75, 3.05) is 31.6 Å². The zero-order valence-electron chi connectivity index (χ0n) is 16.4. The lowest BCUT2D eigenvalue weighted by Gasteiger charge is -2.36. The fourth-order valence-corrected chi connectivity index (χ4v) is 3.65. The summed E-state index contributed by atoms with van der Waals surface area (Å²) in [5.74, 6) is 3.53. The Bertz CT molecular complexity index is 625. The predicted molar refractivity (Wildman–Crippen MR) is 101 cm³/mol. The lowest BCUT2D eigenvalue weighted by atomic mass is 9.92. The van der Waals surface area contributed by atoms with E-state index in [2.05, 4.69) is 22.9 Å². The molecule has 0 spiro atoms. The van der Waals surface area contributed by atoms with E-state index in [1.54, 1.807) is 0 Å². The highest BCUT2D eigenvalue weighted by atomic mass is 16.2. The van der Waals surface area contributed by atoms with Gasteiger partial charge in [0.2, 0.25) is 5.91 Å². The molecule has 0 atom stereocenters. The molecule has 2 aliphatic rings. The van der Waals surface area contributed by atoms with E-state index < -0.39 is 0 Å². The van der Waals surface area contributed by atoms with Crippen molar-refractivity contribution in [1.82, 2.24) is 14.9 Å². The van der Waals surface area contributed by atoms with Crippen LogP contribution in [0.5, 0.6) is 0 Å². The standard InChI is InChI=1S/C20H32N4O/c1-14-12-17(22-18(21-14)16-6-7-16)24-10-8-15(9-11-24)13-23(5)19(25)20(2,3)4/h12,15-16H,6-11,13H2,1-5H3. The molecule has 5 heteroatoms. The maximum Gasteiger partial charge on any atom is 0.227 e. The second kappa shape index (κ2) is 6.93. The normalized spacial score (nSPS) is 19.2. The molecular formula is C20H32N4O. The van der Waals surface area contributed by atoms with Gasteiger partial charge >= 0.3 is 0 Å². The summed E-state index contributed by atoms with van der Waals surface area (Å²) in [7, 11) is 1.94. The number of hydrogen-bond donors (Lipinski definition) is 0. The summed E-state index contributed by atoms with van der Waals surface area (Å²) in [5, 5.41) is 0. The molecule has 1 amide bonds. The van der Waals surface area contributed by atoms with Gasteiger partial charge in [-0.15, -0.1) is 0 Å². The van der Waals surface area contributed by atoms with Crippen LogP contribution in [0.25, 0.3) is 0 Å². The summed E-state index contributed by atoms with van der Waals surface area (Å²) in [4.78, 5) is 26.1. The minimum atomic E-state index is -0.298. The second-order valence-electron chi connectivity index (χ2n) is 8.87. The largest absolute Gasteiger partial charge is 0.356 e. The van der Waals surface area contributed by atoms with E-state index in [9.17, 15) is 4.79 Å². The lowest BCUT2D eigenvalue weighted by Crippen LogP contribution is -2.43. The first kappa shape index (κ1) is 18.2. The van der Waals surface area contributed by atoms with Crippen LogP contribution in [0.1, 0.15) is 63.9 Å². The zero-order valence-corrected chi connectivity index (χ0v) is 16.4. The van der Waals surface area contributed by atoms with E-state index in [4.69, 9.17) is 4.98 Å². The number of anilines is 1. The number of hydrogen-bond acceptors (Lipinski definition) is 4. The number of aryl methyl sites for hydroxylation is 1. The van der Waals surface area contributed by atoms with Crippen LogP contribution in [-0.4, -0.2) is 47.5 Å². The van der Waals surface area contributed by atoms with Crippen LogP contribution in [0.15, 0.2) is 6.07 Å². The van der Waals surface area contributed by atoms with Gasteiger partial charge in [0.25, 0.3) is 0 Å². The van der Waals surface area contributed by atoms with Crippen LogP contribution < -0.4 is 4.90 Å². The third kappa shape index (κ3) is 4.50. The topological polar surface area (TPSA) is 49.3 Å². The summed E-state index contributed by atoms with van der Waals surface area (Å²) in [6.07, 6.45) is 4.70. The molecule has 0 aromatic carbocycles. The molecule has 1 aromatic heterocycles. The molecule has 0 radical (unpaired) electrons. The van der Waals surface area contributed by atoms with Crippen LogP contribution in [0.4, 0.5) is 5.82 Å². The van der Waals surface area contributed by atoms with Crippen LogP contribution in [-0.2, 0) is 4.79 Å². The van der Waals surface area contributed by atoms with Gasteiger partial charge in [-0.2, -0.15) is 0 Å². The van der Waals surface area contributed by atoms with Crippen molar-refractivity contribution in [2.24, 2.45) is 11.3 Å². The molecule has 25 heavy (non-hydrogen) atoms. The number of carbonyl (C=O) groups excluding carboxylic acids is 1. The average Bonchev–Trinajstić information content (AvgIpc) is 3.38. The first-order valence-electron chi connectivity index (χ1n) is 9.60. The Morgan fingerprint density at radius 3 is 2.40 bits per heavy atom. The summed E-state index contributed by atoms with van der Waals surface area (Å²) in [5.41, 5.74) is 0.775. The van der Waals surface area contributed by atoms with Crippen LogP contribution >= 0.6 is 0 Å². The van der Waals surface area contributed by atoms with Gasteiger partial charge in [-0.25, -0.2) is 9.97 Å². The molecule has 1 aliphatic heterocycles. The fraction of sp³-hybridized carbons (Fsp3) is 0.750. The Morgan fingerprint density at radius 2 is 1.84 bits per heavy atom. The Hall–Kier alpha value is -1.65. The lowest BCUT2D eigenvalue weighted by molar-refractivity contribution is -0.138. The van der Waals surface area contributed by atoms with Crippen LogP contribution in [0.2, 0.25) is 0 Å². The molecule has 2 fully saturated rings. The zero-order chi connectivity index (χ0) is 18.2. The maximum absolute atomic E-state index is 12.4. The smallest absolute Gasteiger partial charge is 0.227 e. The molecular weight excluding hydrogens is 312 g/mol. The number of amides is 1. The van der Waals surface area contributed by atoms with Gasteiger partial charge in [-0.1, -0.05) is 20.8 Å². The predicted octanol–water partition coefficient (Wildman–Crippen LogP) is 3.38. The Balaban J connectivity index is 1.56. The van der Waals surface area contributed by atoms with Gasteiger partial charge in [0.05, 0.1) is 0 Å². The van der Waals surface area contributed by atoms with Gasteiger partial charge < -0.3 is 9.80 Å². The van der Waals surface area contributed by atoms with Crippen molar-refractivity contribution >= 4 is 11.7 Å². The Labute approximate surface area is 151 Å². The molecule has 138 valence electrons. The number of rotatable bonds is 4. The molecule has 3 rings (SSSR count). The highest BCUT2D eigenvalue weighted by Gasteiger charge is 2.30. The summed E-state index contributed by atoms with van der Waals surface area (Å²) >= 11 is 0. The third-order valence-electron chi connectivity index (χ3n) is 5.26. The monoisotopic (exact) mass is 344 g/mol. The number of aromatic nitrogens is 2. The molecule has 2 heterocycles. The summed E-state index contributed by atoms with van der Waals surface area (Å²) in [6.45, 7) is 10.9.